The third-order valence-electron chi connectivity index (χ3n) is 3.96. The van der Waals surface area contributed by atoms with Crippen LogP contribution in [0.25, 0.3) is 0 Å². The van der Waals surface area contributed by atoms with E-state index in [1.165, 1.54) is 0 Å². The average Bonchev–Trinajstić information content (AvgIpc) is 2.64. The fraction of sp³-hybridized carbons (Fsp3) is 0.357. The summed E-state index contributed by atoms with van der Waals surface area (Å²) in [5.74, 6) is -1.08. The van der Waals surface area contributed by atoms with Crippen molar-refractivity contribution in [3.63, 3.8) is 0 Å². The van der Waals surface area contributed by atoms with Crippen molar-refractivity contribution in [2.24, 2.45) is 5.73 Å². The van der Waals surface area contributed by atoms with Crippen molar-refractivity contribution in [3.05, 3.63) is 35.4 Å². The second-order valence-electron chi connectivity index (χ2n) is 5.20. The predicted molar refractivity (Wildman–Crippen MR) is 70.5 cm³/mol. The lowest BCUT2D eigenvalue weighted by molar-refractivity contribution is -0.135. The third kappa shape index (κ3) is 1.68. The number of hydrogen-bond acceptors (Lipinski definition) is 3. The molecule has 2 aliphatic rings. The van der Waals surface area contributed by atoms with Crippen molar-refractivity contribution < 1.29 is 14.4 Å². The zero-order valence-electron chi connectivity index (χ0n) is 10.9. The molecule has 104 valence electrons. The number of nitrogens with two attached hydrogens (primary N) is 1. The molecule has 1 aromatic carbocycles. The smallest absolute Gasteiger partial charge is 0.325 e. The number of urea groups is 1. The van der Waals surface area contributed by atoms with Gasteiger partial charge in [-0.1, -0.05) is 24.3 Å². The number of rotatable bonds is 2. The minimum Gasteiger partial charge on any atom is -0.368 e. The van der Waals surface area contributed by atoms with E-state index in [1.54, 1.807) is 0 Å². The highest BCUT2D eigenvalue weighted by Gasteiger charge is 2.54. The van der Waals surface area contributed by atoms with Crippen LogP contribution in [0, 0.1) is 0 Å². The minimum atomic E-state index is -1.03. The Bertz CT molecular complexity index is 613. The van der Waals surface area contributed by atoms with Crippen molar-refractivity contribution >= 4 is 17.8 Å². The Hall–Kier alpha value is -2.37. The number of fused-ring (bicyclic) bond motifs is 2. The number of hydrogen-bond donors (Lipinski definition) is 2. The molecule has 4 amide bonds. The topological polar surface area (TPSA) is 92.5 Å². The molecule has 0 bridgehead atoms. The quantitative estimate of drug-likeness (QED) is 0.757. The lowest BCUT2D eigenvalue weighted by Crippen LogP contribution is -2.47. The summed E-state index contributed by atoms with van der Waals surface area (Å²) in [6.07, 6.45) is 2.24. The van der Waals surface area contributed by atoms with E-state index in [1.807, 2.05) is 24.3 Å². The SMILES string of the molecule is NC(=O)CN1C(=O)NC2(CCCc3ccccc32)C1=O. The van der Waals surface area contributed by atoms with Gasteiger partial charge in [0.2, 0.25) is 5.91 Å². The number of carbonyl (C=O) groups excluding carboxylic acids is 3. The van der Waals surface area contributed by atoms with Crippen molar-refractivity contribution in [3.8, 4) is 0 Å². The zero-order valence-corrected chi connectivity index (χ0v) is 10.9. The van der Waals surface area contributed by atoms with Crippen LogP contribution in [-0.4, -0.2) is 29.3 Å². The number of aryl methyl sites for hydroxylation is 1. The molecule has 1 atom stereocenters. The van der Waals surface area contributed by atoms with Crippen LogP contribution in [0.4, 0.5) is 4.79 Å². The molecule has 6 nitrogen and oxygen atoms in total. The molecule has 1 aromatic rings. The Kier molecular flexibility index (Phi) is 2.74. The normalized spacial score (nSPS) is 24.7. The highest BCUT2D eigenvalue weighted by Crippen LogP contribution is 2.39. The van der Waals surface area contributed by atoms with Gasteiger partial charge in [0.1, 0.15) is 12.1 Å². The van der Waals surface area contributed by atoms with Crippen molar-refractivity contribution in [1.82, 2.24) is 10.2 Å². The van der Waals surface area contributed by atoms with Gasteiger partial charge < -0.3 is 11.1 Å². The molecule has 1 heterocycles. The van der Waals surface area contributed by atoms with Gasteiger partial charge in [0.15, 0.2) is 0 Å². The van der Waals surface area contributed by atoms with Gasteiger partial charge in [-0.05, 0) is 30.4 Å². The molecule has 1 aliphatic carbocycles. The summed E-state index contributed by atoms with van der Waals surface area (Å²) in [5.41, 5.74) is 5.96. The molecule has 1 spiro atoms. The van der Waals surface area contributed by atoms with Crippen LogP contribution in [0.3, 0.4) is 0 Å². The Labute approximate surface area is 115 Å². The van der Waals surface area contributed by atoms with Gasteiger partial charge in [0, 0.05) is 0 Å². The summed E-state index contributed by atoms with van der Waals surface area (Å²) < 4.78 is 0. The van der Waals surface area contributed by atoms with Crippen LogP contribution in [0.5, 0.6) is 0 Å². The summed E-state index contributed by atoms with van der Waals surface area (Å²) in [6.45, 7) is -0.380. The van der Waals surface area contributed by atoms with Crippen molar-refractivity contribution in [2.75, 3.05) is 6.54 Å². The highest BCUT2D eigenvalue weighted by atomic mass is 16.2. The van der Waals surface area contributed by atoms with Gasteiger partial charge in [-0.3, -0.25) is 14.5 Å². The van der Waals surface area contributed by atoms with Crippen LogP contribution in [0.1, 0.15) is 24.0 Å². The number of nitrogens with one attached hydrogen (secondary N) is 1. The summed E-state index contributed by atoms with van der Waals surface area (Å²) in [7, 11) is 0. The van der Waals surface area contributed by atoms with E-state index >= 15 is 0 Å². The molecule has 6 heteroatoms. The largest absolute Gasteiger partial charge is 0.368 e. The minimum absolute atomic E-state index is 0.380. The van der Waals surface area contributed by atoms with E-state index in [0.29, 0.717) is 6.42 Å². The van der Waals surface area contributed by atoms with Crippen LogP contribution >= 0.6 is 0 Å². The van der Waals surface area contributed by atoms with E-state index < -0.39 is 17.5 Å². The number of carbonyl (C=O) groups is 3. The standard InChI is InChI=1S/C14H15N3O3/c15-11(18)8-17-12(19)14(16-13(17)20)7-3-5-9-4-1-2-6-10(9)14/h1-2,4,6H,3,5,7-8H2,(H2,15,18)(H,16,20). The first-order valence-corrected chi connectivity index (χ1v) is 6.55. The Morgan fingerprint density at radius 2 is 2.10 bits per heavy atom. The molecule has 3 rings (SSSR count). The van der Waals surface area contributed by atoms with Gasteiger partial charge in [-0.25, -0.2) is 4.79 Å². The average molecular weight is 273 g/mol. The number of imide groups is 1. The van der Waals surface area contributed by atoms with Crippen LogP contribution in [-0.2, 0) is 21.5 Å². The number of benzene rings is 1. The predicted octanol–water partition coefficient (Wildman–Crippen LogP) is 0.255. The molecule has 1 unspecified atom stereocenters. The Balaban J connectivity index is 2.05. The molecular formula is C14H15N3O3. The van der Waals surface area contributed by atoms with Crippen molar-refractivity contribution in [2.45, 2.75) is 24.8 Å². The maximum Gasteiger partial charge on any atom is 0.325 e. The van der Waals surface area contributed by atoms with E-state index in [-0.39, 0.29) is 12.5 Å². The van der Waals surface area contributed by atoms with Gasteiger partial charge in [-0.15, -0.1) is 0 Å². The molecule has 0 aromatic heterocycles. The second-order valence-corrected chi connectivity index (χ2v) is 5.20. The van der Waals surface area contributed by atoms with E-state index in [4.69, 9.17) is 5.73 Å². The van der Waals surface area contributed by atoms with E-state index in [9.17, 15) is 14.4 Å². The molecule has 0 saturated carbocycles. The first-order chi connectivity index (χ1) is 9.54. The fourth-order valence-electron chi connectivity index (χ4n) is 3.11. The fourth-order valence-corrected chi connectivity index (χ4v) is 3.11. The van der Waals surface area contributed by atoms with E-state index in [2.05, 4.69) is 5.32 Å². The molecule has 1 aliphatic heterocycles. The maximum absolute atomic E-state index is 12.6. The number of amides is 4. The monoisotopic (exact) mass is 273 g/mol. The summed E-state index contributed by atoms with van der Waals surface area (Å²) in [4.78, 5) is 36.5. The summed E-state index contributed by atoms with van der Waals surface area (Å²) >= 11 is 0. The second kappa shape index (κ2) is 4.33. The highest BCUT2D eigenvalue weighted by molar-refractivity contribution is 6.09. The first-order valence-electron chi connectivity index (χ1n) is 6.55. The lowest BCUT2D eigenvalue weighted by atomic mass is 9.76. The van der Waals surface area contributed by atoms with Crippen LogP contribution in [0.15, 0.2) is 24.3 Å². The van der Waals surface area contributed by atoms with Gasteiger partial charge in [0.05, 0.1) is 0 Å². The van der Waals surface area contributed by atoms with Crippen molar-refractivity contribution in [1.29, 1.82) is 0 Å². The molecule has 1 saturated heterocycles. The lowest BCUT2D eigenvalue weighted by Gasteiger charge is -2.33. The number of nitrogens with zero attached hydrogens (tertiary/aromatic N) is 1. The Morgan fingerprint density at radius 1 is 1.35 bits per heavy atom. The van der Waals surface area contributed by atoms with E-state index in [0.717, 1.165) is 28.9 Å². The van der Waals surface area contributed by atoms with Crippen LogP contribution in [0.2, 0.25) is 0 Å². The molecule has 1 fully saturated rings. The zero-order chi connectivity index (χ0) is 14.3. The van der Waals surface area contributed by atoms with Gasteiger partial charge >= 0.3 is 6.03 Å². The molecule has 0 radical (unpaired) electrons. The summed E-state index contributed by atoms with van der Waals surface area (Å²) in [6, 6.07) is 7.04. The summed E-state index contributed by atoms with van der Waals surface area (Å²) in [5, 5.41) is 2.76. The third-order valence-corrected chi connectivity index (χ3v) is 3.96. The maximum atomic E-state index is 12.6. The molecule has 20 heavy (non-hydrogen) atoms. The number of primary amides is 1. The first kappa shape index (κ1) is 12.7. The van der Waals surface area contributed by atoms with Crippen LogP contribution < -0.4 is 11.1 Å². The Morgan fingerprint density at radius 3 is 2.85 bits per heavy atom. The molecular weight excluding hydrogens is 258 g/mol. The van der Waals surface area contributed by atoms with Gasteiger partial charge in [-0.2, -0.15) is 0 Å². The molecule has 3 N–H and O–H groups in total. The van der Waals surface area contributed by atoms with Gasteiger partial charge in [0.25, 0.3) is 5.91 Å².